The zero-order chi connectivity index (χ0) is 16.5. The van der Waals surface area contributed by atoms with Crippen LogP contribution in [0.4, 0.5) is 0 Å². The molecular formula is C20H27NO3. The lowest BCUT2D eigenvalue weighted by molar-refractivity contribution is -0.142. The molecule has 24 heavy (non-hydrogen) atoms. The summed E-state index contributed by atoms with van der Waals surface area (Å²) in [6.07, 6.45) is 8.87. The normalized spacial score (nSPS) is 29.1. The van der Waals surface area contributed by atoms with Gasteiger partial charge in [-0.2, -0.15) is 0 Å². The fourth-order valence-corrected chi connectivity index (χ4v) is 4.98. The van der Waals surface area contributed by atoms with Crippen molar-refractivity contribution in [3.8, 4) is 5.75 Å². The maximum absolute atomic E-state index is 11.7. The topological polar surface area (TPSA) is 49.8 Å². The highest BCUT2D eigenvalue weighted by Gasteiger charge is 2.44. The second-order valence-electron chi connectivity index (χ2n) is 7.58. The Morgan fingerprint density at radius 1 is 1.29 bits per heavy atom. The molecule has 130 valence electrons. The van der Waals surface area contributed by atoms with Gasteiger partial charge in [0.05, 0.1) is 6.61 Å². The Balaban J connectivity index is 1.37. The van der Waals surface area contributed by atoms with Gasteiger partial charge in [-0.25, -0.2) is 0 Å². The number of fused-ring (bicyclic) bond motifs is 2. The van der Waals surface area contributed by atoms with Crippen LogP contribution < -0.4 is 4.74 Å². The van der Waals surface area contributed by atoms with Crippen molar-refractivity contribution in [2.24, 2.45) is 5.92 Å². The van der Waals surface area contributed by atoms with Crippen molar-refractivity contribution in [3.63, 3.8) is 0 Å². The SMILES string of the molecule is O=C(O)C1CC2CCCCC2N1CCCc1ccc2c(c1)CCO2. The van der Waals surface area contributed by atoms with Crippen LogP contribution in [0.25, 0.3) is 0 Å². The minimum atomic E-state index is -0.626. The van der Waals surface area contributed by atoms with Gasteiger partial charge in [-0.1, -0.05) is 25.0 Å². The van der Waals surface area contributed by atoms with Gasteiger partial charge in [-0.15, -0.1) is 0 Å². The standard InChI is InChI=1S/C20H27NO3/c22-20(23)18-13-15-5-1-2-6-17(15)21(18)10-3-4-14-7-8-19-16(12-14)9-11-24-19/h7-8,12,15,17-18H,1-6,9-11,13H2,(H,22,23). The molecule has 1 aromatic rings. The van der Waals surface area contributed by atoms with Crippen molar-refractivity contribution in [2.45, 2.75) is 63.5 Å². The zero-order valence-corrected chi connectivity index (χ0v) is 14.2. The third-order valence-electron chi connectivity index (χ3n) is 6.14. The predicted molar refractivity (Wildman–Crippen MR) is 92.5 cm³/mol. The number of aliphatic carboxylic acids is 1. The molecule has 2 fully saturated rings. The molecule has 4 heteroatoms. The predicted octanol–water partition coefficient (Wildman–Crippen LogP) is 3.27. The van der Waals surface area contributed by atoms with E-state index in [1.807, 2.05) is 0 Å². The molecule has 4 rings (SSSR count). The molecule has 2 heterocycles. The van der Waals surface area contributed by atoms with Gasteiger partial charge in [0.1, 0.15) is 11.8 Å². The van der Waals surface area contributed by atoms with E-state index in [9.17, 15) is 9.90 Å². The van der Waals surface area contributed by atoms with Gasteiger partial charge < -0.3 is 9.84 Å². The highest BCUT2D eigenvalue weighted by Crippen LogP contribution is 2.39. The summed E-state index contributed by atoms with van der Waals surface area (Å²) in [5.41, 5.74) is 2.68. The van der Waals surface area contributed by atoms with Crippen LogP contribution in [0.1, 0.15) is 49.7 Å². The van der Waals surface area contributed by atoms with Crippen LogP contribution in [0.5, 0.6) is 5.75 Å². The maximum Gasteiger partial charge on any atom is 0.320 e. The molecule has 4 nitrogen and oxygen atoms in total. The molecule has 1 N–H and O–H groups in total. The lowest BCUT2D eigenvalue weighted by Crippen LogP contribution is -2.42. The van der Waals surface area contributed by atoms with Crippen molar-refractivity contribution < 1.29 is 14.6 Å². The Morgan fingerprint density at radius 2 is 2.17 bits per heavy atom. The quantitative estimate of drug-likeness (QED) is 0.901. The molecule has 3 aliphatic rings. The molecule has 1 saturated carbocycles. The van der Waals surface area contributed by atoms with Crippen molar-refractivity contribution >= 4 is 5.97 Å². The molecule has 3 atom stereocenters. The van der Waals surface area contributed by atoms with Crippen molar-refractivity contribution in [2.75, 3.05) is 13.2 Å². The van der Waals surface area contributed by atoms with Crippen LogP contribution in [-0.4, -0.2) is 41.2 Å². The van der Waals surface area contributed by atoms with Gasteiger partial charge >= 0.3 is 5.97 Å². The molecule has 0 radical (unpaired) electrons. The third kappa shape index (κ3) is 3.04. The first-order valence-corrected chi connectivity index (χ1v) is 9.45. The first kappa shape index (κ1) is 15.9. The average Bonchev–Trinajstić information content (AvgIpc) is 3.19. The molecule has 0 spiro atoms. The van der Waals surface area contributed by atoms with Crippen LogP contribution in [0.3, 0.4) is 0 Å². The smallest absolute Gasteiger partial charge is 0.320 e. The molecule has 3 unspecified atom stereocenters. The van der Waals surface area contributed by atoms with Gasteiger partial charge in [-0.05, 0) is 61.8 Å². The lowest BCUT2D eigenvalue weighted by atomic mass is 9.84. The van der Waals surface area contributed by atoms with E-state index in [0.29, 0.717) is 12.0 Å². The largest absolute Gasteiger partial charge is 0.493 e. The maximum atomic E-state index is 11.7. The minimum Gasteiger partial charge on any atom is -0.493 e. The second kappa shape index (κ2) is 6.75. The summed E-state index contributed by atoms with van der Waals surface area (Å²) in [4.78, 5) is 14.0. The molecule has 1 saturated heterocycles. The van der Waals surface area contributed by atoms with E-state index in [-0.39, 0.29) is 6.04 Å². The fraction of sp³-hybridized carbons (Fsp3) is 0.650. The number of benzene rings is 1. The first-order chi connectivity index (χ1) is 11.7. The van der Waals surface area contributed by atoms with Gasteiger partial charge in [0, 0.05) is 12.5 Å². The summed E-state index contributed by atoms with van der Waals surface area (Å²) in [6, 6.07) is 6.77. The zero-order valence-electron chi connectivity index (χ0n) is 14.2. The highest BCUT2D eigenvalue weighted by atomic mass is 16.5. The molecule has 0 amide bonds. The number of carbonyl (C=O) groups is 1. The monoisotopic (exact) mass is 329 g/mol. The summed E-state index contributed by atoms with van der Waals surface area (Å²) < 4.78 is 5.57. The number of carboxylic acid groups (broad SMARTS) is 1. The number of aryl methyl sites for hydroxylation is 1. The van der Waals surface area contributed by atoms with Crippen LogP contribution in [-0.2, 0) is 17.6 Å². The van der Waals surface area contributed by atoms with Crippen molar-refractivity contribution in [1.29, 1.82) is 0 Å². The first-order valence-electron chi connectivity index (χ1n) is 9.45. The van der Waals surface area contributed by atoms with E-state index in [1.165, 1.54) is 36.8 Å². The van der Waals surface area contributed by atoms with E-state index in [1.54, 1.807) is 0 Å². The fourth-order valence-electron chi connectivity index (χ4n) is 4.98. The number of nitrogens with zero attached hydrogens (tertiary/aromatic N) is 1. The third-order valence-corrected chi connectivity index (χ3v) is 6.14. The van der Waals surface area contributed by atoms with E-state index < -0.39 is 5.97 Å². The number of hydrogen-bond donors (Lipinski definition) is 1. The number of hydrogen-bond acceptors (Lipinski definition) is 3. The van der Waals surface area contributed by atoms with Gasteiger partial charge in [0.25, 0.3) is 0 Å². The molecule has 2 aliphatic heterocycles. The Kier molecular flexibility index (Phi) is 4.49. The van der Waals surface area contributed by atoms with Crippen LogP contribution in [0.2, 0.25) is 0 Å². The summed E-state index contributed by atoms with van der Waals surface area (Å²) in [7, 11) is 0. The van der Waals surface area contributed by atoms with Crippen molar-refractivity contribution in [1.82, 2.24) is 4.90 Å². The number of likely N-dealkylation sites (tertiary alicyclic amines) is 1. The summed E-state index contributed by atoms with van der Waals surface area (Å²) >= 11 is 0. The molecule has 0 bridgehead atoms. The number of rotatable bonds is 5. The Labute approximate surface area is 143 Å². The summed E-state index contributed by atoms with van der Waals surface area (Å²) in [5.74, 6) is 1.02. The number of carboxylic acids is 1. The molecule has 1 aromatic carbocycles. The molecular weight excluding hydrogens is 302 g/mol. The Hall–Kier alpha value is -1.55. The molecule has 1 aliphatic carbocycles. The van der Waals surface area contributed by atoms with Gasteiger partial charge in [-0.3, -0.25) is 9.69 Å². The Bertz CT molecular complexity index is 615. The van der Waals surface area contributed by atoms with E-state index in [2.05, 4.69) is 23.1 Å². The highest BCUT2D eigenvalue weighted by molar-refractivity contribution is 5.74. The van der Waals surface area contributed by atoms with E-state index in [0.717, 1.165) is 44.6 Å². The van der Waals surface area contributed by atoms with Gasteiger partial charge in [0.15, 0.2) is 0 Å². The van der Waals surface area contributed by atoms with E-state index >= 15 is 0 Å². The average molecular weight is 329 g/mol. The molecule has 0 aromatic heterocycles. The van der Waals surface area contributed by atoms with E-state index in [4.69, 9.17) is 4.74 Å². The number of ether oxygens (including phenoxy) is 1. The van der Waals surface area contributed by atoms with Gasteiger partial charge in [0.2, 0.25) is 0 Å². The van der Waals surface area contributed by atoms with Crippen molar-refractivity contribution in [3.05, 3.63) is 29.3 Å². The minimum absolute atomic E-state index is 0.258. The van der Waals surface area contributed by atoms with Crippen LogP contribution in [0, 0.1) is 5.92 Å². The lowest BCUT2D eigenvalue weighted by Gasteiger charge is -2.33. The van der Waals surface area contributed by atoms with Crippen LogP contribution in [0.15, 0.2) is 18.2 Å². The summed E-state index contributed by atoms with van der Waals surface area (Å²) in [6.45, 7) is 1.71. The summed E-state index contributed by atoms with van der Waals surface area (Å²) in [5, 5.41) is 9.60. The van der Waals surface area contributed by atoms with Crippen LogP contribution >= 0.6 is 0 Å². The second-order valence-corrected chi connectivity index (χ2v) is 7.58. The Morgan fingerprint density at radius 3 is 3.04 bits per heavy atom.